The number of β-amino-alcohol motifs (C(OH)–C–C–N with tert-alkyl or cyclic N) is 1. The van der Waals surface area contributed by atoms with E-state index in [9.17, 15) is 5.11 Å². The number of nitrogens with zero attached hydrogens (tertiary/aromatic N) is 2. The van der Waals surface area contributed by atoms with Crippen molar-refractivity contribution in [2.45, 2.75) is 32.3 Å². The van der Waals surface area contributed by atoms with Gasteiger partial charge >= 0.3 is 0 Å². The quantitative estimate of drug-likeness (QED) is 0.752. The van der Waals surface area contributed by atoms with Crippen LogP contribution in [0.25, 0.3) is 0 Å². The fourth-order valence-corrected chi connectivity index (χ4v) is 3.36. The highest BCUT2D eigenvalue weighted by Gasteiger charge is 2.34. The minimum absolute atomic E-state index is 0.261. The van der Waals surface area contributed by atoms with Crippen molar-refractivity contribution in [3.8, 4) is 0 Å². The summed E-state index contributed by atoms with van der Waals surface area (Å²) in [7, 11) is 0. The molecule has 0 atom stereocenters. The maximum Gasteiger partial charge on any atom is 0.0718 e. The Morgan fingerprint density at radius 1 is 1.10 bits per heavy atom. The molecule has 0 aromatic heterocycles. The first-order valence-corrected chi connectivity index (χ1v) is 7.87. The summed E-state index contributed by atoms with van der Waals surface area (Å²) in [5.74, 6) is 0. The third-order valence-electron chi connectivity index (χ3n) is 4.62. The van der Waals surface area contributed by atoms with E-state index in [1.54, 1.807) is 0 Å². The molecule has 0 spiro atoms. The molecule has 0 aromatic rings. The Labute approximate surface area is 123 Å². The van der Waals surface area contributed by atoms with Crippen LogP contribution in [0.4, 0.5) is 0 Å². The van der Waals surface area contributed by atoms with Crippen molar-refractivity contribution in [1.82, 2.24) is 9.80 Å². The Balaban J connectivity index is 1.78. The fraction of sp³-hybridized carbons (Fsp3) is 1.00. The van der Waals surface area contributed by atoms with E-state index in [0.29, 0.717) is 0 Å². The lowest BCUT2D eigenvalue weighted by Gasteiger charge is -2.43. The van der Waals surface area contributed by atoms with Crippen molar-refractivity contribution in [3.05, 3.63) is 0 Å². The second kappa shape index (κ2) is 6.71. The van der Waals surface area contributed by atoms with E-state index >= 15 is 0 Å². The van der Waals surface area contributed by atoms with Gasteiger partial charge in [-0.25, -0.2) is 0 Å². The molecule has 3 N–H and O–H groups in total. The molecule has 0 radical (unpaired) electrons. The smallest absolute Gasteiger partial charge is 0.0718 e. The van der Waals surface area contributed by atoms with Crippen LogP contribution >= 0.6 is 0 Å². The van der Waals surface area contributed by atoms with Gasteiger partial charge < -0.3 is 20.5 Å². The number of piperazine rings is 1. The number of hydrogen-bond acceptors (Lipinski definition) is 5. The van der Waals surface area contributed by atoms with Crippen molar-refractivity contribution < 1.29 is 9.84 Å². The van der Waals surface area contributed by atoms with Crippen molar-refractivity contribution >= 4 is 0 Å². The number of rotatable bonds is 5. The van der Waals surface area contributed by atoms with Crippen LogP contribution in [0.2, 0.25) is 0 Å². The summed E-state index contributed by atoms with van der Waals surface area (Å²) in [4.78, 5) is 4.90. The SMILES string of the molecule is CC(C)(O)CN1CCN(CC2(CN)CCOCC2)CC1. The van der Waals surface area contributed by atoms with E-state index in [2.05, 4.69) is 9.80 Å². The van der Waals surface area contributed by atoms with Crippen LogP contribution in [0.15, 0.2) is 0 Å². The van der Waals surface area contributed by atoms with Crippen LogP contribution in [-0.4, -0.2) is 79.5 Å². The van der Waals surface area contributed by atoms with E-state index in [1.165, 1.54) is 0 Å². The van der Waals surface area contributed by atoms with Crippen LogP contribution in [0.3, 0.4) is 0 Å². The molecular weight excluding hydrogens is 254 g/mol. The number of aliphatic hydroxyl groups is 1. The topological polar surface area (TPSA) is 62.0 Å². The second-order valence-electron chi connectivity index (χ2n) is 7.18. The Bertz CT molecular complexity index is 290. The normalized spacial score (nSPS) is 25.8. The summed E-state index contributed by atoms with van der Waals surface area (Å²) in [5, 5.41) is 9.89. The average molecular weight is 285 g/mol. The molecule has 0 bridgehead atoms. The third kappa shape index (κ3) is 4.67. The number of ether oxygens (including phenoxy) is 1. The molecule has 5 nitrogen and oxygen atoms in total. The highest BCUT2D eigenvalue weighted by atomic mass is 16.5. The Morgan fingerprint density at radius 3 is 2.15 bits per heavy atom. The molecule has 2 heterocycles. The van der Waals surface area contributed by atoms with E-state index < -0.39 is 5.60 Å². The van der Waals surface area contributed by atoms with Crippen molar-refractivity contribution in [2.75, 3.05) is 59.0 Å². The van der Waals surface area contributed by atoms with Gasteiger partial charge in [-0.2, -0.15) is 0 Å². The molecule has 2 rings (SSSR count). The maximum atomic E-state index is 9.89. The van der Waals surface area contributed by atoms with Gasteiger partial charge in [0, 0.05) is 52.5 Å². The molecule has 20 heavy (non-hydrogen) atoms. The van der Waals surface area contributed by atoms with Gasteiger partial charge in [0.25, 0.3) is 0 Å². The average Bonchev–Trinajstić information content (AvgIpc) is 2.40. The van der Waals surface area contributed by atoms with Crippen molar-refractivity contribution in [1.29, 1.82) is 0 Å². The molecule has 118 valence electrons. The molecular formula is C15H31N3O2. The molecule has 2 saturated heterocycles. The maximum absolute atomic E-state index is 9.89. The molecule has 0 saturated carbocycles. The van der Waals surface area contributed by atoms with Crippen molar-refractivity contribution in [3.63, 3.8) is 0 Å². The lowest BCUT2D eigenvalue weighted by Crippen LogP contribution is -2.54. The first-order valence-electron chi connectivity index (χ1n) is 7.87. The minimum atomic E-state index is -0.596. The monoisotopic (exact) mass is 285 g/mol. The third-order valence-corrected chi connectivity index (χ3v) is 4.62. The van der Waals surface area contributed by atoms with Gasteiger partial charge in [0.05, 0.1) is 5.60 Å². The van der Waals surface area contributed by atoms with Crippen LogP contribution in [0.5, 0.6) is 0 Å². The van der Waals surface area contributed by atoms with Gasteiger partial charge in [-0.05, 0) is 38.6 Å². The zero-order valence-corrected chi connectivity index (χ0v) is 13.1. The zero-order valence-electron chi connectivity index (χ0n) is 13.1. The summed E-state index contributed by atoms with van der Waals surface area (Å²) < 4.78 is 5.48. The Kier molecular flexibility index (Phi) is 5.42. The Hall–Kier alpha value is -0.200. The van der Waals surface area contributed by atoms with Gasteiger partial charge in [0.15, 0.2) is 0 Å². The molecule has 0 unspecified atom stereocenters. The van der Waals surface area contributed by atoms with Gasteiger partial charge in [-0.3, -0.25) is 4.90 Å². The molecule has 0 aromatic carbocycles. The van der Waals surface area contributed by atoms with Crippen LogP contribution < -0.4 is 5.73 Å². The van der Waals surface area contributed by atoms with E-state index in [1.807, 2.05) is 13.8 Å². The zero-order chi connectivity index (χ0) is 14.6. The van der Waals surface area contributed by atoms with E-state index in [0.717, 1.165) is 71.9 Å². The molecule has 5 heteroatoms. The van der Waals surface area contributed by atoms with Gasteiger partial charge in [-0.15, -0.1) is 0 Å². The summed E-state index contributed by atoms with van der Waals surface area (Å²) in [6.07, 6.45) is 2.18. The highest BCUT2D eigenvalue weighted by molar-refractivity contribution is 4.88. The van der Waals surface area contributed by atoms with Crippen LogP contribution in [0, 0.1) is 5.41 Å². The van der Waals surface area contributed by atoms with Gasteiger partial charge in [0.2, 0.25) is 0 Å². The summed E-state index contributed by atoms with van der Waals surface area (Å²) in [6, 6.07) is 0. The summed E-state index contributed by atoms with van der Waals surface area (Å²) in [5.41, 5.74) is 5.70. The fourth-order valence-electron chi connectivity index (χ4n) is 3.36. The molecule has 0 amide bonds. The lowest BCUT2D eigenvalue weighted by molar-refractivity contribution is -0.0183. The predicted molar refractivity (Wildman–Crippen MR) is 80.7 cm³/mol. The van der Waals surface area contributed by atoms with Crippen molar-refractivity contribution in [2.24, 2.45) is 11.1 Å². The summed E-state index contributed by atoms with van der Waals surface area (Å²) >= 11 is 0. The first-order chi connectivity index (χ1) is 9.42. The van der Waals surface area contributed by atoms with Crippen LogP contribution in [0.1, 0.15) is 26.7 Å². The van der Waals surface area contributed by atoms with E-state index in [4.69, 9.17) is 10.5 Å². The predicted octanol–water partition coefficient (Wildman–Crippen LogP) is 0.130. The molecule has 2 aliphatic heterocycles. The largest absolute Gasteiger partial charge is 0.389 e. The summed E-state index contributed by atoms with van der Waals surface area (Å²) in [6.45, 7) is 12.3. The molecule has 2 aliphatic rings. The van der Waals surface area contributed by atoms with Gasteiger partial charge in [-0.1, -0.05) is 0 Å². The second-order valence-corrected chi connectivity index (χ2v) is 7.18. The Morgan fingerprint density at radius 2 is 1.65 bits per heavy atom. The van der Waals surface area contributed by atoms with Gasteiger partial charge in [0.1, 0.15) is 0 Å². The minimum Gasteiger partial charge on any atom is -0.389 e. The number of nitrogens with two attached hydrogens (primary N) is 1. The highest BCUT2D eigenvalue weighted by Crippen LogP contribution is 2.30. The van der Waals surface area contributed by atoms with Crippen LogP contribution in [-0.2, 0) is 4.74 Å². The number of hydrogen-bond donors (Lipinski definition) is 2. The lowest BCUT2D eigenvalue weighted by atomic mass is 9.79. The molecule has 2 fully saturated rings. The first kappa shape index (κ1) is 16.2. The van der Waals surface area contributed by atoms with E-state index in [-0.39, 0.29) is 5.41 Å². The molecule has 0 aliphatic carbocycles. The standard InChI is InChI=1S/C15H31N3O2/c1-14(2,19)12-17-5-7-18(8-6-17)13-15(11-16)3-9-20-10-4-15/h19H,3-13,16H2,1-2H3.